The number of likely N-dealkylation sites (tertiary alicyclic amines) is 1. The number of hydrogen-bond acceptors (Lipinski definition) is 4. The highest BCUT2D eigenvalue weighted by atomic mass is 19.1. The highest BCUT2D eigenvalue weighted by molar-refractivity contribution is 5.79. The summed E-state index contributed by atoms with van der Waals surface area (Å²) in [6.07, 6.45) is 2.31. The number of primary amides is 1. The molecule has 2 aromatic rings. The van der Waals surface area contributed by atoms with Crippen molar-refractivity contribution in [3.8, 4) is 0 Å². The molecule has 3 rings (SSSR count). The Bertz CT molecular complexity index is 647. The maximum absolute atomic E-state index is 13.2. The first kappa shape index (κ1) is 14.0. The zero-order chi connectivity index (χ0) is 14.8. The molecule has 2 heterocycles. The van der Waals surface area contributed by atoms with Crippen molar-refractivity contribution in [3.63, 3.8) is 0 Å². The molecule has 1 saturated heterocycles. The van der Waals surface area contributed by atoms with Crippen LogP contribution in [-0.2, 0) is 4.79 Å². The molecule has 21 heavy (non-hydrogen) atoms. The number of nitrogens with zero attached hydrogens (tertiary/aromatic N) is 2. The number of fused-ring (bicyclic) bond motifs is 1. The summed E-state index contributed by atoms with van der Waals surface area (Å²) in [7, 11) is 0. The van der Waals surface area contributed by atoms with Gasteiger partial charge in [-0.2, -0.15) is 0 Å². The second kappa shape index (κ2) is 5.81. The zero-order valence-electron chi connectivity index (χ0n) is 11.7. The fourth-order valence-corrected chi connectivity index (χ4v) is 2.92. The minimum atomic E-state index is -0.313. The molecular formula is C15H18FN3O2. The summed E-state index contributed by atoms with van der Waals surface area (Å²) in [5.74, 6) is -0.255. The first-order chi connectivity index (χ1) is 10.1. The van der Waals surface area contributed by atoms with Crippen LogP contribution in [0.5, 0.6) is 0 Å². The Morgan fingerprint density at radius 2 is 2.19 bits per heavy atom. The lowest BCUT2D eigenvalue weighted by Crippen LogP contribution is -2.35. The van der Waals surface area contributed by atoms with E-state index in [4.69, 9.17) is 10.3 Å². The van der Waals surface area contributed by atoms with Crippen molar-refractivity contribution in [2.75, 3.05) is 19.6 Å². The van der Waals surface area contributed by atoms with Crippen molar-refractivity contribution in [2.45, 2.75) is 25.2 Å². The van der Waals surface area contributed by atoms with E-state index in [9.17, 15) is 9.18 Å². The molecule has 0 spiro atoms. The van der Waals surface area contributed by atoms with Crippen molar-refractivity contribution in [1.82, 2.24) is 10.1 Å². The summed E-state index contributed by atoms with van der Waals surface area (Å²) in [6.45, 7) is 2.54. The normalized spacial score (nSPS) is 17.4. The van der Waals surface area contributed by atoms with E-state index < -0.39 is 0 Å². The van der Waals surface area contributed by atoms with Crippen LogP contribution in [0, 0.1) is 5.82 Å². The molecule has 1 aromatic heterocycles. The van der Waals surface area contributed by atoms with Gasteiger partial charge in [-0.15, -0.1) is 0 Å². The molecule has 2 N–H and O–H groups in total. The van der Waals surface area contributed by atoms with Crippen LogP contribution in [0.1, 0.15) is 30.9 Å². The number of nitrogens with two attached hydrogens (primary N) is 1. The number of piperidine rings is 1. The van der Waals surface area contributed by atoms with Crippen LogP contribution in [0.2, 0.25) is 0 Å². The largest absolute Gasteiger partial charge is 0.370 e. The highest BCUT2D eigenvalue weighted by Crippen LogP contribution is 2.32. The molecule has 0 atom stereocenters. The molecule has 0 unspecified atom stereocenters. The van der Waals surface area contributed by atoms with Gasteiger partial charge in [0.2, 0.25) is 5.91 Å². The standard InChI is InChI=1S/C15H18FN3O2/c16-11-1-2-12-13(9-11)21-18-15(12)10-3-6-19(7-4-10)8-5-14(17)20/h1-2,9-10H,3-8H2,(H2,17,20). The van der Waals surface area contributed by atoms with E-state index in [2.05, 4.69) is 10.1 Å². The van der Waals surface area contributed by atoms with E-state index in [1.165, 1.54) is 12.1 Å². The Labute approximate surface area is 121 Å². The summed E-state index contributed by atoms with van der Waals surface area (Å²) in [5, 5.41) is 5.02. The van der Waals surface area contributed by atoms with Gasteiger partial charge in [0.15, 0.2) is 5.58 Å². The van der Waals surface area contributed by atoms with Crippen molar-refractivity contribution in [2.24, 2.45) is 5.73 Å². The molecule has 112 valence electrons. The van der Waals surface area contributed by atoms with Crippen LogP contribution < -0.4 is 5.73 Å². The van der Waals surface area contributed by atoms with E-state index in [0.29, 0.717) is 24.5 Å². The van der Waals surface area contributed by atoms with E-state index in [-0.39, 0.29) is 11.7 Å². The first-order valence-corrected chi connectivity index (χ1v) is 7.19. The SMILES string of the molecule is NC(=O)CCN1CCC(c2noc3cc(F)ccc23)CC1. The lowest BCUT2D eigenvalue weighted by molar-refractivity contribution is -0.118. The molecule has 0 radical (unpaired) electrons. The Morgan fingerprint density at radius 1 is 1.43 bits per heavy atom. The molecule has 6 heteroatoms. The fraction of sp³-hybridized carbons (Fsp3) is 0.467. The minimum absolute atomic E-state index is 0.262. The third-order valence-corrected chi connectivity index (χ3v) is 4.11. The number of benzene rings is 1. The van der Waals surface area contributed by atoms with Crippen molar-refractivity contribution >= 4 is 16.9 Å². The van der Waals surface area contributed by atoms with Gasteiger partial charge in [0, 0.05) is 30.3 Å². The third kappa shape index (κ3) is 3.05. The van der Waals surface area contributed by atoms with Gasteiger partial charge in [-0.1, -0.05) is 5.16 Å². The van der Waals surface area contributed by atoms with Crippen LogP contribution in [0.25, 0.3) is 11.0 Å². The van der Waals surface area contributed by atoms with Crippen LogP contribution in [0.15, 0.2) is 22.7 Å². The second-order valence-electron chi connectivity index (χ2n) is 5.54. The van der Waals surface area contributed by atoms with Gasteiger partial charge in [-0.3, -0.25) is 4.79 Å². The average Bonchev–Trinajstić information content (AvgIpc) is 2.88. The Kier molecular flexibility index (Phi) is 3.88. The summed E-state index contributed by atoms with van der Waals surface area (Å²) < 4.78 is 18.4. The van der Waals surface area contributed by atoms with Crippen molar-refractivity contribution < 1.29 is 13.7 Å². The molecule has 0 saturated carbocycles. The predicted molar refractivity (Wildman–Crippen MR) is 76.2 cm³/mol. The molecule has 0 aliphatic carbocycles. The molecule has 1 fully saturated rings. The smallest absolute Gasteiger partial charge is 0.218 e. The zero-order valence-corrected chi connectivity index (χ0v) is 11.7. The number of carbonyl (C=O) groups excluding carboxylic acids is 1. The minimum Gasteiger partial charge on any atom is -0.370 e. The summed E-state index contributed by atoms with van der Waals surface area (Å²) >= 11 is 0. The molecule has 5 nitrogen and oxygen atoms in total. The van der Waals surface area contributed by atoms with Crippen LogP contribution in [-0.4, -0.2) is 35.6 Å². The Morgan fingerprint density at radius 3 is 2.90 bits per heavy atom. The summed E-state index contributed by atoms with van der Waals surface area (Å²) in [6, 6.07) is 4.54. The molecule has 0 bridgehead atoms. The lowest BCUT2D eigenvalue weighted by Gasteiger charge is -2.30. The van der Waals surface area contributed by atoms with E-state index in [0.717, 1.165) is 37.0 Å². The Balaban J connectivity index is 1.67. The van der Waals surface area contributed by atoms with Gasteiger partial charge in [0.25, 0.3) is 0 Å². The quantitative estimate of drug-likeness (QED) is 0.935. The summed E-state index contributed by atoms with van der Waals surface area (Å²) in [5.41, 5.74) is 6.59. The topological polar surface area (TPSA) is 72.4 Å². The van der Waals surface area contributed by atoms with Gasteiger partial charge in [0.05, 0.1) is 5.69 Å². The average molecular weight is 291 g/mol. The van der Waals surface area contributed by atoms with Gasteiger partial charge in [-0.05, 0) is 38.1 Å². The van der Waals surface area contributed by atoms with E-state index in [1.807, 2.05) is 0 Å². The van der Waals surface area contributed by atoms with Gasteiger partial charge < -0.3 is 15.2 Å². The number of amides is 1. The monoisotopic (exact) mass is 291 g/mol. The lowest BCUT2D eigenvalue weighted by atomic mass is 9.91. The maximum atomic E-state index is 13.2. The number of rotatable bonds is 4. The Hall–Kier alpha value is -1.95. The van der Waals surface area contributed by atoms with E-state index in [1.54, 1.807) is 6.07 Å². The van der Waals surface area contributed by atoms with Crippen molar-refractivity contribution in [1.29, 1.82) is 0 Å². The molecule has 1 aromatic carbocycles. The highest BCUT2D eigenvalue weighted by Gasteiger charge is 2.25. The maximum Gasteiger partial charge on any atom is 0.218 e. The predicted octanol–water partition coefficient (Wildman–Crippen LogP) is 2.02. The number of halogens is 1. The molecule has 1 amide bonds. The second-order valence-corrected chi connectivity index (χ2v) is 5.54. The van der Waals surface area contributed by atoms with Crippen LogP contribution in [0.4, 0.5) is 4.39 Å². The van der Waals surface area contributed by atoms with Gasteiger partial charge in [0.1, 0.15) is 5.82 Å². The molecule has 1 aliphatic heterocycles. The van der Waals surface area contributed by atoms with Gasteiger partial charge >= 0.3 is 0 Å². The molecular weight excluding hydrogens is 273 g/mol. The van der Waals surface area contributed by atoms with Crippen molar-refractivity contribution in [3.05, 3.63) is 29.7 Å². The summed E-state index contributed by atoms with van der Waals surface area (Å²) in [4.78, 5) is 13.0. The van der Waals surface area contributed by atoms with Crippen LogP contribution in [0.3, 0.4) is 0 Å². The van der Waals surface area contributed by atoms with Crippen LogP contribution >= 0.6 is 0 Å². The molecule has 1 aliphatic rings. The number of carbonyl (C=O) groups is 1. The third-order valence-electron chi connectivity index (χ3n) is 4.11. The number of aromatic nitrogens is 1. The first-order valence-electron chi connectivity index (χ1n) is 7.19. The number of hydrogen-bond donors (Lipinski definition) is 1. The fourth-order valence-electron chi connectivity index (χ4n) is 2.92. The van der Waals surface area contributed by atoms with Gasteiger partial charge in [-0.25, -0.2) is 4.39 Å². The van der Waals surface area contributed by atoms with E-state index >= 15 is 0 Å².